The van der Waals surface area contributed by atoms with Crippen LogP contribution in [0.3, 0.4) is 0 Å². The molecule has 3 heteroatoms. The Morgan fingerprint density at radius 3 is 2.62 bits per heavy atom. The van der Waals surface area contributed by atoms with Crippen molar-refractivity contribution in [2.45, 2.75) is 12.4 Å². The summed E-state index contributed by atoms with van der Waals surface area (Å²) in [4.78, 5) is 11.1. The van der Waals surface area contributed by atoms with Crippen molar-refractivity contribution in [2.75, 3.05) is 5.75 Å². The van der Waals surface area contributed by atoms with Crippen molar-refractivity contribution in [1.29, 1.82) is 0 Å². The standard InChI is InChI=1S/C10H14O2S/c1-5-7-13-9(6-2)12-10(11)8(3)4/h5-6,9H,1-3,7H2,4H3. The fourth-order valence-electron chi connectivity index (χ4n) is 0.519. The minimum absolute atomic E-state index is 0.317. The molecule has 0 N–H and O–H groups in total. The lowest BCUT2D eigenvalue weighted by Gasteiger charge is -2.11. The monoisotopic (exact) mass is 198 g/mol. The van der Waals surface area contributed by atoms with E-state index in [9.17, 15) is 4.79 Å². The fraction of sp³-hybridized carbons (Fsp3) is 0.300. The minimum atomic E-state index is -0.388. The summed E-state index contributed by atoms with van der Waals surface area (Å²) in [5, 5.41) is 0. The predicted molar refractivity (Wildman–Crippen MR) is 57.5 cm³/mol. The van der Waals surface area contributed by atoms with E-state index in [0.29, 0.717) is 5.57 Å². The number of ether oxygens (including phenoxy) is 1. The van der Waals surface area contributed by atoms with Gasteiger partial charge in [-0.1, -0.05) is 19.2 Å². The van der Waals surface area contributed by atoms with Gasteiger partial charge in [-0.2, -0.15) is 0 Å². The summed E-state index contributed by atoms with van der Waals surface area (Å²) in [7, 11) is 0. The van der Waals surface area contributed by atoms with E-state index in [2.05, 4.69) is 19.7 Å². The van der Waals surface area contributed by atoms with Crippen LogP contribution in [0.5, 0.6) is 0 Å². The Morgan fingerprint density at radius 2 is 2.23 bits per heavy atom. The van der Waals surface area contributed by atoms with Gasteiger partial charge in [-0.05, 0) is 13.0 Å². The van der Waals surface area contributed by atoms with Crippen LogP contribution >= 0.6 is 11.8 Å². The van der Waals surface area contributed by atoms with Gasteiger partial charge in [0, 0.05) is 11.3 Å². The van der Waals surface area contributed by atoms with Crippen LogP contribution in [0.2, 0.25) is 0 Å². The highest BCUT2D eigenvalue weighted by atomic mass is 32.2. The first-order chi connectivity index (χ1) is 6.11. The summed E-state index contributed by atoms with van der Waals surface area (Å²) in [6, 6.07) is 0. The van der Waals surface area contributed by atoms with Gasteiger partial charge in [-0.15, -0.1) is 18.3 Å². The smallest absolute Gasteiger partial charge is 0.334 e. The van der Waals surface area contributed by atoms with Crippen molar-refractivity contribution in [3.8, 4) is 0 Å². The molecule has 0 saturated carbocycles. The lowest BCUT2D eigenvalue weighted by atomic mass is 10.4. The first-order valence-corrected chi connectivity index (χ1v) is 4.88. The molecule has 13 heavy (non-hydrogen) atoms. The molecule has 1 atom stereocenters. The van der Waals surface area contributed by atoms with Crippen LogP contribution < -0.4 is 0 Å². The Bertz CT molecular complexity index is 221. The van der Waals surface area contributed by atoms with Gasteiger partial charge in [-0.25, -0.2) is 4.79 Å². The Balaban J connectivity index is 3.96. The van der Waals surface area contributed by atoms with Crippen LogP contribution in [0.1, 0.15) is 6.92 Å². The summed E-state index contributed by atoms with van der Waals surface area (Å²) >= 11 is 1.45. The van der Waals surface area contributed by atoms with Crippen molar-refractivity contribution in [3.63, 3.8) is 0 Å². The molecular weight excluding hydrogens is 184 g/mol. The largest absolute Gasteiger partial charge is 0.444 e. The first-order valence-electron chi connectivity index (χ1n) is 3.83. The molecule has 0 aromatic heterocycles. The molecule has 0 heterocycles. The van der Waals surface area contributed by atoms with Gasteiger partial charge in [0.25, 0.3) is 0 Å². The maximum atomic E-state index is 11.1. The van der Waals surface area contributed by atoms with Crippen molar-refractivity contribution in [2.24, 2.45) is 0 Å². The van der Waals surface area contributed by atoms with E-state index >= 15 is 0 Å². The van der Waals surface area contributed by atoms with Gasteiger partial charge in [0.05, 0.1) is 0 Å². The lowest BCUT2D eigenvalue weighted by Crippen LogP contribution is -2.13. The van der Waals surface area contributed by atoms with Crippen LogP contribution in [0, 0.1) is 0 Å². The van der Waals surface area contributed by atoms with E-state index in [4.69, 9.17) is 4.74 Å². The number of hydrogen-bond donors (Lipinski definition) is 0. The number of hydrogen-bond acceptors (Lipinski definition) is 3. The third kappa shape index (κ3) is 5.31. The summed E-state index contributed by atoms with van der Waals surface area (Å²) in [5.41, 5.74) is 0.0771. The third-order valence-corrected chi connectivity index (χ3v) is 2.19. The molecule has 72 valence electrons. The Kier molecular flexibility index (Phi) is 6.06. The molecule has 0 radical (unpaired) electrons. The highest BCUT2D eigenvalue weighted by Gasteiger charge is 2.10. The van der Waals surface area contributed by atoms with Crippen LogP contribution in [0.4, 0.5) is 0 Å². The predicted octanol–water partition coefficient (Wildman–Crippen LogP) is 2.54. The maximum absolute atomic E-state index is 11.1. The Morgan fingerprint density at radius 1 is 1.62 bits per heavy atom. The molecule has 0 rings (SSSR count). The minimum Gasteiger partial charge on any atom is -0.444 e. The van der Waals surface area contributed by atoms with Crippen LogP contribution in [-0.2, 0) is 9.53 Å². The molecule has 0 fully saturated rings. The van der Waals surface area contributed by atoms with Crippen LogP contribution in [0.15, 0.2) is 37.5 Å². The highest BCUT2D eigenvalue weighted by molar-refractivity contribution is 8.00. The zero-order valence-electron chi connectivity index (χ0n) is 7.79. The van der Waals surface area contributed by atoms with Crippen LogP contribution in [0.25, 0.3) is 0 Å². The SMILES string of the molecule is C=CCSC(C=C)OC(=O)C(=C)C. The zero-order chi connectivity index (χ0) is 10.3. The van der Waals surface area contributed by atoms with Crippen molar-refractivity contribution < 1.29 is 9.53 Å². The first kappa shape index (κ1) is 12.0. The maximum Gasteiger partial charge on any atom is 0.334 e. The summed E-state index contributed by atoms with van der Waals surface area (Å²) in [6.45, 7) is 12.2. The Labute approximate surface area is 83.4 Å². The number of carbonyl (C=O) groups excluding carboxylic acids is 1. The lowest BCUT2D eigenvalue weighted by molar-refractivity contribution is -0.138. The van der Waals surface area contributed by atoms with Gasteiger partial charge in [-0.3, -0.25) is 0 Å². The Hall–Kier alpha value is -0.960. The molecule has 0 spiro atoms. The van der Waals surface area contributed by atoms with E-state index in [-0.39, 0.29) is 11.4 Å². The van der Waals surface area contributed by atoms with Crippen molar-refractivity contribution >= 4 is 17.7 Å². The van der Waals surface area contributed by atoms with Gasteiger partial charge in [0.2, 0.25) is 0 Å². The van der Waals surface area contributed by atoms with E-state index in [1.54, 1.807) is 19.1 Å². The second-order valence-electron chi connectivity index (χ2n) is 2.41. The van der Waals surface area contributed by atoms with Gasteiger partial charge < -0.3 is 4.74 Å². The molecular formula is C10H14O2S. The second-order valence-corrected chi connectivity index (χ2v) is 3.54. The van der Waals surface area contributed by atoms with E-state index in [1.807, 2.05) is 0 Å². The number of carbonyl (C=O) groups is 1. The molecule has 0 aromatic carbocycles. The molecule has 0 aliphatic heterocycles. The normalized spacial score (nSPS) is 11.5. The molecule has 0 aliphatic carbocycles. The number of rotatable bonds is 6. The molecule has 2 nitrogen and oxygen atoms in total. The fourth-order valence-corrected chi connectivity index (χ4v) is 1.14. The molecule has 0 aromatic rings. The van der Waals surface area contributed by atoms with Crippen molar-refractivity contribution in [3.05, 3.63) is 37.5 Å². The van der Waals surface area contributed by atoms with E-state index in [1.165, 1.54) is 11.8 Å². The molecule has 0 saturated heterocycles. The highest BCUT2D eigenvalue weighted by Crippen LogP contribution is 2.14. The second kappa shape index (κ2) is 6.54. The van der Waals surface area contributed by atoms with Gasteiger partial charge >= 0.3 is 5.97 Å². The molecule has 0 bridgehead atoms. The van der Waals surface area contributed by atoms with E-state index in [0.717, 1.165) is 5.75 Å². The van der Waals surface area contributed by atoms with Crippen molar-refractivity contribution in [1.82, 2.24) is 0 Å². The molecule has 0 amide bonds. The molecule has 0 aliphatic rings. The average Bonchev–Trinajstić information content (AvgIpc) is 2.11. The van der Waals surface area contributed by atoms with Gasteiger partial charge in [0.1, 0.15) is 0 Å². The quantitative estimate of drug-likeness (QED) is 0.284. The average molecular weight is 198 g/mol. The van der Waals surface area contributed by atoms with E-state index < -0.39 is 0 Å². The number of thioether (sulfide) groups is 1. The third-order valence-electron chi connectivity index (χ3n) is 1.14. The van der Waals surface area contributed by atoms with Crippen LogP contribution in [-0.4, -0.2) is 17.2 Å². The molecule has 1 unspecified atom stereocenters. The number of esters is 1. The summed E-state index contributed by atoms with van der Waals surface area (Å²) < 4.78 is 5.02. The topological polar surface area (TPSA) is 26.3 Å². The van der Waals surface area contributed by atoms with Gasteiger partial charge in [0.15, 0.2) is 5.44 Å². The summed E-state index contributed by atoms with van der Waals surface area (Å²) in [5.74, 6) is 0.335. The summed E-state index contributed by atoms with van der Waals surface area (Å²) in [6.07, 6.45) is 3.32. The zero-order valence-corrected chi connectivity index (χ0v) is 8.60.